The van der Waals surface area contributed by atoms with Crippen LogP contribution in [0.4, 0.5) is 33.1 Å². The highest BCUT2D eigenvalue weighted by Crippen LogP contribution is 2.35. The van der Waals surface area contributed by atoms with Gasteiger partial charge in [-0.25, -0.2) is 14.4 Å². The summed E-state index contributed by atoms with van der Waals surface area (Å²) in [5.74, 6) is -0.806. The van der Waals surface area contributed by atoms with Crippen LogP contribution in [0.3, 0.4) is 0 Å². The highest BCUT2D eigenvalue weighted by molar-refractivity contribution is 6.36. The van der Waals surface area contributed by atoms with Crippen LogP contribution in [-0.2, 0) is 0 Å². The Morgan fingerprint density at radius 1 is 0.963 bits per heavy atom. The van der Waals surface area contributed by atoms with E-state index in [0.717, 1.165) is 12.4 Å². The summed E-state index contributed by atoms with van der Waals surface area (Å²) < 4.78 is 13.3. The molecule has 7 nitrogen and oxygen atoms in total. The fraction of sp³-hybridized carbons (Fsp3) is 0. The van der Waals surface area contributed by atoms with Crippen molar-refractivity contribution in [2.45, 2.75) is 0 Å². The lowest BCUT2D eigenvalue weighted by Gasteiger charge is -2.11. The Morgan fingerprint density at radius 3 is 2.30 bits per heavy atom. The lowest BCUT2D eigenvalue weighted by molar-refractivity contribution is -0.383. The van der Waals surface area contributed by atoms with E-state index in [4.69, 9.17) is 34.8 Å². The van der Waals surface area contributed by atoms with E-state index in [0.29, 0.717) is 16.4 Å². The number of halogens is 4. The van der Waals surface area contributed by atoms with E-state index in [1.807, 2.05) is 0 Å². The van der Waals surface area contributed by atoms with E-state index in [1.54, 1.807) is 12.1 Å². The molecule has 0 aliphatic rings. The van der Waals surface area contributed by atoms with Gasteiger partial charge in [0.25, 0.3) is 0 Å². The van der Waals surface area contributed by atoms with Crippen LogP contribution in [0.15, 0.2) is 42.7 Å². The van der Waals surface area contributed by atoms with Gasteiger partial charge in [-0.3, -0.25) is 10.1 Å². The Kier molecular flexibility index (Phi) is 5.59. The summed E-state index contributed by atoms with van der Waals surface area (Å²) in [7, 11) is 0. The number of hydrogen-bond acceptors (Lipinski definition) is 6. The molecule has 0 radical (unpaired) electrons. The maximum atomic E-state index is 13.3. The molecule has 0 atom stereocenters. The predicted octanol–water partition coefficient (Wildman–Crippen LogP) is 5.97. The standard InChI is InChI=1S/C16H9Cl3FN5O2/c17-8-1-4-13(11(19)5-8)24-16-14(25(26)27)15(21-7-22-16)23-9-2-3-12(20)10(18)6-9/h1-7H,(H2,21,22,23,24). The predicted molar refractivity (Wildman–Crippen MR) is 103 cm³/mol. The number of rotatable bonds is 5. The Labute approximate surface area is 167 Å². The summed E-state index contributed by atoms with van der Waals surface area (Å²) in [6, 6.07) is 8.40. The minimum atomic E-state index is -0.653. The zero-order valence-corrected chi connectivity index (χ0v) is 15.5. The van der Waals surface area contributed by atoms with E-state index in [9.17, 15) is 14.5 Å². The van der Waals surface area contributed by atoms with E-state index in [-0.39, 0.29) is 21.7 Å². The first-order chi connectivity index (χ1) is 12.8. The van der Waals surface area contributed by atoms with E-state index in [2.05, 4.69) is 20.6 Å². The molecule has 3 rings (SSSR count). The van der Waals surface area contributed by atoms with E-state index >= 15 is 0 Å². The molecule has 0 aliphatic heterocycles. The third-order valence-electron chi connectivity index (χ3n) is 3.37. The molecule has 11 heteroatoms. The topological polar surface area (TPSA) is 93.0 Å². The van der Waals surface area contributed by atoms with Crippen molar-refractivity contribution in [3.63, 3.8) is 0 Å². The molecule has 0 bridgehead atoms. The van der Waals surface area contributed by atoms with Gasteiger partial charge in [-0.15, -0.1) is 0 Å². The quantitative estimate of drug-likeness (QED) is 0.384. The number of anilines is 4. The highest BCUT2D eigenvalue weighted by Gasteiger charge is 2.24. The van der Waals surface area contributed by atoms with Crippen LogP contribution < -0.4 is 10.6 Å². The summed E-state index contributed by atoms with van der Waals surface area (Å²) in [5.41, 5.74) is 0.265. The SMILES string of the molecule is O=[N+]([O-])c1c(Nc2ccc(F)c(Cl)c2)ncnc1Nc1ccc(Cl)cc1Cl. The van der Waals surface area contributed by atoms with Gasteiger partial charge in [0.2, 0.25) is 11.6 Å². The van der Waals surface area contributed by atoms with Gasteiger partial charge in [-0.2, -0.15) is 0 Å². The van der Waals surface area contributed by atoms with Crippen molar-refractivity contribution in [1.82, 2.24) is 9.97 Å². The zero-order chi connectivity index (χ0) is 19.6. The molecule has 3 aromatic rings. The lowest BCUT2D eigenvalue weighted by atomic mass is 10.3. The normalized spacial score (nSPS) is 10.5. The van der Waals surface area contributed by atoms with Gasteiger partial charge in [0, 0.05) is 10.7 Å². The second-order valence-corrected chi connectivity index (χ2v) is 6.43. The Balaban J connectivity index is 1.99. The van der Waals surface area contributed by atoms with Crippen molar-refractivity contribution in [3.8, 4) is 0 Å². The molecule has 0 aliphatic carbocycles. The number of aromatic nitrogens is 2. The first-order valence-corrected chi connectivity index (χ1v) is 8.42. The zero-order valence-electron chi connectivity index (χ0n) is 13.2. The second-order valence-electron chi connectivity index (χ2n) is 5.18. The van der Waals surface area contributed by atoms with Crippen molar-refractivity contribution in [2.24, 2.45) is 0 Å². The van der Waals surface area contributed by atoms with Crippen molar-refractivity contribution in [1.29, 1.82) is 0 Å². The van der Waals surface area contributed by atoms with Crippen LogP contribution in [-0.4, -0.2) is 14.9 Å². The number of nitrogens with one attached hydrogen (secondary N) is 2. The third-order valence-corrected chi connectivity index (χ3v) is 4.21. The van der Waals surface area contributed by atoms with Gasteiger partial charge in [-0.05, 0) is 36.4 Å². The van der Waals surface area contributed by atoms with Crippen molar-refractivity contribution in [2.75, 3.05) is 10.6 Å². The minimum absolute atomic E-state index is 0.0880. The highest BCUT2D eigenvalue weighted by atomic mass is 35.5. The summed E-state index contributed by atoms with van der Waals surface area (Å²) in [5, 5.41) is 17.6. The number of nitro groups is 1. The largest absolute Gasteiger partial charge is 0.353 e. The second kappa shape index (κ2) is 7.91. The average molecular weight is 429 g/mol. The Morgan fingerprint density at radius 2 is 1.67 bits per heavy atom. The van der Waals surface area contributed by atoms with Crippen LogP contribution in [0, 0.1) is 15.9 Å². The lowest BCUT2D eigenvalue weighted by Crippen LogP contribution is -2.05. The molecule has 2 N–H and O–H groups in total. The fourth-order valence-electron chi connectivity index (χ4n) is 2.16. The monoisotopic (exact) mass is 427 g/mol. The molecular formula is C16H9Cl3FN5O2. The summed E-state index contributed by atoms with van der Waals surface area (Å²) in [6.45, 7) is 0. The number of nitrogens with zero attached hydrogens (tertiary/aromatic N) is 3. The van der Waals surface area contributed by atoms with Crippen LogP contribution in [0.2, 0.25) is 15.1 Å². The van der Waals surface area contributed by atoms with Gasteiger partial charge >= 0.3 is 5.69 Å². The van der Waals surface area contributed by atoms with Gasteiger partial charge in [0.15, 0.2) is 0 Å². The Hall–Kier alpha value is -2.68. The third kappa shape index (κ3) is 4.36. The number of benzene rings is 2. The molecular weight excluding hydrogens is 420 g/mol. The van der Waals surface area contributed by atoms with Crippen LogP contribution >= 0.6 is 34.8 Å². The van der Waals surface area contributed by atoms with Crippen molar-refractivity contribution >= 4 is 63.5 Å². The molecule has 2 aromatic carbocycles. The smallest absolute Gasteiger partial charge is 0.334 e. The first kappa shape index (κ1) is 19.1. The maximum Gasteiger partial charge on any atom is 0.353 e. The molecule has 0 saturated heterocycles. The molecule has 0 saturated carbocycles. The van der Waals surface area contributed by atoms with Crippen LogP contribution in [0.25, 0.3) is 0 Å². The van der Waals surface area contributed by atoms with Crippen LogP contribution in [0.5, 0.6) is 0 Å². The molecule has 0 amide bonds. The number of hydrogen-bond donors (Lipinski definition) is 2. The van der Waals surface area contributed by atoms with Crippen molar-refractivity contribution in [3.05, 3.63) is 73.7 Å². The molecule has 138 valence electrons. The molecule has 27 heavy (non-hydrogen) atoms. The summed E-state index contributed by atoms with van der Waals surface area (Å²) in [6.07, 6.45) is 1.13. The molecule has 0 spiro atoms. The van der Waals surface area contributed by atoms with Gasteiger partial charge in [-0.1, -0.05) is 34.8 Å². The first-order valence-electron chi connectivity index (χ1n) is 7.28. The van der Waals surface area contributed by atoms with Gasteiger partial charge in [0.1, 0.15) is 12.1 Å². The van der Waals surface area contributed by atoms with E-state index in [1.165, 1.54) is 18.2 Å². The van der Waals surface area contributed by atoms with Crippen molar-refractivity contribution < 1.29 is 9.31 Å². The van der Waals surface area contributed by atoms with Gasteiger partial charge in [0.05, 0.1) is 20.7 Å². The van der Waals surface area contributed by atoms with E-state index < -0.39 is 16.4 Å². The Bertz CT molecular complexity index is 1030. The molecule has 1 heterocycles. The summed E-state index contributed by atoms with van der Waals surface area (Å²) in [4.78, 5) is 18.7. The fourth-order valence-corrected chi connectivity index (χ4v) is 2.80. The average Bonchev–Trinajstić information content (AvgIpc) is 2.60. The van der Waals surface area contributed by atoms with Gasteiger partial charge < -0.3 is 10.6 Å². The molecule has 0 unspecified atom stereocenters. The maximum absolute atomic E-state index is 13.3. The molecule has 1 aromatic heterocycles. The summed E-state index contributed by atoms with van der Waals surface area (Å²) >= 11 is 17.7. The molecule has 0 fully saturated rings. The van der Waals surface area contributed by atoms with Crippen LogP contribution in [0.1, 0.15) is 0 Å². The minimum Gasteiger partial charge on any atom is -0.334 e.